The van der Waals surface area contributed by atoms with E-state index in [0.717, 1.165) is 5.56 Å². The van der Waals surface area contributed by atoms with Crippen LogP contribution in [0.5, 0.6) is 5.75 Å². The van der Waals surface area contributed by atoms with Crippen LogP contribution in [0.2, 0.25) is 0 Å². The predicted octanol–water partition coefficient (Wildman–Crippen LogP) is 2.64. The van der Waals surface area contributed by atoms with E-state index in [1.54, 1.807) is 32.2 Å². The van der Waals surface area contributed by atoms with Gasteiger partial charge >= 0.3 is 5.97 Å². The van der Waals surface area contributed by atoms with Crippen LogP contribution < -0.4 is 4.74 Å². The van der Waals surface area contributed by atoms with E-state index in [2.05, 4.69) is 15.9 Å². The molecule has 0 aliphatic rings. The molecule has 0 saturated carbocycles. The average Bonchev–Trinajstić information content (AvgIpc) is 2.18. The number of esters is 1. The van der Waals surface area contributed by atoms with Crippen molar-refractivity contribution in [2.24, 2.45) is 0 Å². The summed E-state index contributed by atoms with van der Waals surface area (Å²) in [4.78, 5) is 11.6. The van der Waals surface area contributed by atoms with Crippen molar-refractivity contribution in [3.63, 3.8) is 0 Å². The molecule has 0 bridgehead atoms. The van der Waals surface area contributed by atoms with Crippen LogP contribution in [0.15, 0.2) is 24.3 Å². The molecule has 1 aromatic rings. The number of carbonyl (C=O) groups excluding carboxylic acids is 1. The lowest BCUT2D eigenvalue weighted by atomic mass is 10.2. The second kappa shape index (κ2) is 5.89. The number of halogens is 1. The molecule has 5 heteroatoms. The minimum absolute atomic E-state index is 0.343. The van der Waals surface area contributed by atoms with Crippen LogP contribution >= 0.6 is 15.9 Å². The zero-order valence-electron chi connectivity index (χ0n) is 10.0. The summed E-state index contributed by atoms with van der Waals surface area (Å²) in [5, 5.41) is 0. The van der Waals surface area contributed by atoms with E-state index in [9.17, 15) is 9.35 Å². The van der Waals surface area contributed by atoms with Crippen molar-refractivity contribution in [2.45, 2.75) is 23.9 Å². The Morgan fingerprint density at radius 1 is 1.41 bits per heavy atom. The number of hydrogen-bond donors (Lipinski definition) is 0. The van der Waals surface area contributed by atoms with Crippen molar-refractivity contribution < 1.29 is 14.1 Å². The third-order valence-corrected chi connectivity index (χ3v) is 3.05. The van der Waals surface area contributed by atoms with Crippen LogP contribution in [-0.4, -0.2) is 21.1 Å². The Morgan fingerprint density at radius 2 is 1.94 bits per heavy atom. The van der Waals surface area contributed by atoms with Gasteiger partial charge in [0, 0.05) is 5.56 Å². The van der Waals surface area contributed by atoms with Crippen molar-refractivity contribution in [2.75, 3.05) is 6.26 Å². The molecule has 0 N–H and O–H groups in total. The molecule has 94 valence electrons. The monoisotopic (exact) mass is 318 g/mol. The van der Waals surface area contributed by atoms with E-state index >= 15 is 0 Å². The maximum atomic E-state index is 11.6. The number of carbonyl (C=O) groups is 1. The molecular formula is C12H15BrO3S. The second-order valence-corrected chi connectivity index (χ2v) is 7.64. The third kappa shape index (κ3) is 5.10. The van der Waals surface area contributed by atoms with Gasteiger partial charge in [-0.2, -0.15) is 0 Å². The van der Waals surface area contributed by atoms with Crippen molar-refractivity contribution in [1.29, 1.82) is 0 Å². The Hall–Kier alpha value is -0.520. The lowest BCUT2D eigenvalue weighted by Gasteiger charge is -2.14. The van der Waals surface area contributed by atoms with E-state index in [1.807, 2.05) is 12.1 Å². The van der Waals surface area contributed by atoms with Crippen LogP contribution in [-0.2, 0) is 21.7 Å². The largest absolute Gasteiger partial charge is 0.616 e. The lowest BCUT2D eigenvalue weighted by molar-refractivity contribution is -0.136. The van der Waals surface area contributed by atoms with Gasteiger partial charge in [0.1, 0.15) is 15.8 Å². The van der Waals surface area contributed by atoms with Gasteiger partial charge < -0.3 is 9.29 Å². The fourth-order valence-corrected chi connectivity index (χ4v) is 1.86. The first-order valence-corrected chi connectivity index (χ1v) is 7.61. The molecular weight excluding hydrogens is 304 g/mol. The summed E-state index contributed by atoms with van der Waals surface area (Å²) in [6, 6.07) is 7.04. The lowest BCUT2D eigenvalue weighted by Crippen LogP contribution is -2.29. The van der Waals surface area contributed by atoms with E-state index in [0.29, 0.717) is 11.5 Å². The molecule has 0 aromatic heterocycles. The molecule has 0 aliphatic carbocycles. The Labute approximate surface area is 113 Å². The van der Waals surface area contributed by atoms with Gasteiger partial charge in [0.15, 0.2) is 0 Å². The van der Waals surface area contributed by atoms with Crippen LogP contribution in [0.4, 0.5) is 0 Å². The molecule has 0 saturated heterocycles. The number of alkyl halides is 1. The first-order valence-electron chi connectivity index (χ1n) is 5.09. The van der Waals surface area contributed by atoms with Crippen LogP contribution in [0.3, 0.4) is 0 Å². The normalized spacial score (nSPS) is 13.2. The highest BCUT2D eigenvalue weighted by atomic mass is 79.9. The summed E-state index contributed by atoms with van der Waals surface area (Å²) in [6.07, 6.45) is 1.65. The minimum atomic E-state index is -0.863. The zero-order valence-corrected chi connectivity index (χ0v) is 12.4. The second-order valence-electron chi connectivity index (χ2n) is 4.22. The molecule has 1 rings (SSSR count). The van der Waals surface area contributed by atoms with Gasteiger partial charge in [0.2, 0.25) is 0 Å². The maximum Gasteiger partial charge on any atom is 0.327 e. The van der Waals surface area contributed by atoms with Crippen molar-refractivity contribution >= 4 is 33.1 Å². The van der Waals surface area contributed by atoms with E-state index in [1.165, 1.54) is 0 Å². The molecule has 0 radical (unpaired) electrons. The summed E-state index contributed by atoms with van der Waals surface area (Å²) in [6.45, 7) is 3.45. The first-order chi connectivity index (χ1) is 7.79. The van der Waals surface area contributed by atoms with Crippen LogP contribution in [0.25, 0.3) is 0 Å². The van der Waals surface area contributed by atoms with Crippen molar-refractivity contribution in [1.82, 2.24) is 0 Å². The van der Waals surface area contributed by atoms with Crippen molar-refractivity contribution in [3.8, 4) is 5.75 Å². The number of rotatable bonds is 4. The standard InChI is InChI=1S/C12H15BrO3S/c1-12(2,13)11(14)16-10-6-4-9(5-7-10)8-17(3)15/h4-7H,8H2,1-3H3. The molecule has 1 atom stereocenters. The van der Waals surface area contributed by atoms with Gasteiger partial charge in [-0.25, -0.2) is 0 Å². The van der Waals surface area contributed by atoms with Gasteiger partial charge in [0.05, 0.1) is 6.26 Å². The first kappa shape index (κ1) is 14.5. The van der Waals surface area contributed by atoms with Gasteiger partial charge in [-0.3, -0.25) is 4.79 Å². The number of hydrogen-bond acceptors (Lipinski definition) is 3. The maximum absolute atomic E-state index is 11.6. The highest BCUT2D eigenvalue weighted by Gasteiger charge is 2.25. The summed E-state index contributed by atoms with van der Waals surface area (Å²) in [5.74, 6) is 0.663. The quantitative estimate of drug-likeness (QED) is 0.371. The molecule has 0 heterocycles. The van der Waals surface area contributed by atoms with Gasteiger partial charge in [-0.15, -0.1) is 0 Å². The molecule has 1 unspecified atom stereocenters. The van der Waals surface area contributed by atoms with Crippen LogP contribution in [0, 0.1) is 0 Å². The highest BCUT2D eigenvalue weighted by molar-refractivity contribution is 9.10. The Bertz CT molecular complexity index is 382. The zero-order chi connectivity index (χ0) is 13.1. The smallest absolute Gasteiger partial charge is 0.327 e. The predicted molar refractivity (Wildman–Crippen MR) is 72.9 cm³/mol. The average molecular weight is 319 g/mol. The van der Waals surface area contributed by atoms with Gasteiger partial charge in [-0.1, -0.05) is 39.2 Å². The molecule has 3 nitrogen and oxygen atoms in total. The van der Waals surface area contributed by atoms with Crippen LogP contribution in [0.1, 0.15) is 19.4 Å². The summed E-state index contributed by atoms with van der Waals surface area (Å²) >= 11 is 2.37. The number of ether oxygens (including phenoxy) is 1. The fourth-order valence-electron chi connectivity index (χ4n) is 1.12. The van der Waals surface area contributed by atoms with E-state index in [4.69, 9.17) is 4.74 Å². The third-order valence-electron chi connectivity index (χ3n) is 1.99. The minimum Gasteiger partial charge on any atom is -0.616 e. The Kier molecular flexibility index (Phi) is 5.04. The SMILES string of the molecule is C[S+]([O-])Cc1ccc(OC(=O)C(C)(C)Br)cc1. The van der Waals surface area contributed by atoms with E-state index in [-0.39, 0.29) is 5.97 Å². The van der Waals surface area contributed by atoms with E-state index < -0.39 is 15.5 Å². The molecule has 0 aliphatic heterocycles. The highest BCUT2D eigenvalue weighted by Crippen LogP contribution is 2.21. The van der Waals surface area contributed by atoms with Gasteiger partial charge in [0.25, 0.3) is 0 Å². The molecule has 0 spiro atoms. The molecule has 0 fully saturated rings. The summed E-state index contributed by atoms with van der Waals surface area (Å²) < 4.78 is 15.5. The summed E-state index contributed by atoms with van der Waals surface area (Å²) in [5.41, 5.74) is 0.962. The van der Waals surface area contributed by atoms with Gasteiger partial charge in [-0.05, 0) is 26.0 Å². The number of benzene rings is 1. The fraction of sp³-hybridized carbons (Fsp3) is 0.417. The molecule has 17 heavy (non-hydrogen) atoms. The molecule has 1 aromatic carbocycles. The topological polar surface area (TPSA) is 49.4 Å². The molecule has 0 amide bonds. The van der Waals surface area contributed by atoms with Crippen molar-refractivity contribution in [3.05, 3.63) is 29.8 Å². The summed E-state index contributed by atoms with van der Waals surface area (Å²) in [7, 11) is 0. The Balaban J connectivity index is 2.66. The Morgan fingerprint density at radius 3 is 2.35 bits per heavy atom.